The topological polar surface area (TPSA) is 181 Å². The summed E-state index contributed by atoms with van der Waals surface area (Å²) in [7, 11) is -6.08. The number of hydrogen-bond acceptors (Lipinski definition) is 11. The third-order valence-corrected chi connectivity index (χ3v) is 11.1. The third kappa shape index (κ3) is 9.11. The first kappa shape index (κ1) is 38.9. The van der Waals surface area contributed by atoms with Crippen LogP contribution >= 0.6 is 24.8 Å². The second-order valence-electron chi connectivity index (χ2n) is 11.4. The largest absolute Gasteiger partial charge is 0.338 e. The standard InChI is InChI=1S/C30H37N9O5S2.2ClH/c1-21-14-25(16-31)36-30(34-21)38-10-12-39(13-11-38)46(43,44)26-7-5-24(6-8-26)35-29(40)27-15-22(17-32-18-23-19-33-20-23)4-9-28(27)37(2)45(3,41)42;;/h4-9,14-15,23,32-33H,10-13,17-20H2,1-3H3,(H,35,40);2*1H. The molecule has 0 atom stereocenters. The fourth-order valence-corrected chi connectivity index (χ4v) is 7.12. The van der Waals surface area contributed by atoms with Gasteiger partial charge in [0.15, 0.2) is 0 Å². The molecule has 2 aliphatic rings. The molecule has 1 amide bonds. The van der Waals surface area contributed by atoms with Gasteiger partial charge in [-0.2, -0.15) is 9.57 Å². The van der Waals surface area contributed by atoms with Crippen molar-refractivity contribution in [1.82, 2.24) is 24.9 Å². The molecule has 0 aliphatic carbocycles. The monoisotopic (exact) mass is 739 g/mol. The van der Waals surface area contributed by atoms with Gasteiger partial charge in [0, 0.05) is 70.8 Å². The molecule has 2 aliphatic heterocycles. The maximum absolute atomic E-state index is 13.5. The van der Waals surface area contributed by atoms with Crippen molar-refractivity contribution in [2.45, 2.75) is 18.4 Å². The van der Waals surface area contributed by atoms with Crippen LogP contribution in [0, 0.1) is 24.2 Å². The van der Waals surface area contributed by atoms with E-state index in [1.165, 1.54) is 35.6 Å². The molecule has 3 heterocycles. The van der Waals surface area contributed by atoms with Crippen molar-refractivity contribution < 1.29 is 21.6 Å². The average molecular weight is 741 g/mol. The molecular formula is C30H39Cl2N9O5S2. The van der Waals surface area contributed by atoms with E-state index in [9.17, 15) is 26.9 Å². The Hall–Kier alpha value is -3.56. The van der Waals surface area contributed by atoms with E-state index in [1.54, 1.807) is 31.2 Å². The molecule has 2 aromatic carbocycles. The zero-order valence-corrected chi connectivity index (χ0v) is 30.0. The number of benzene rings is 2. The molecule has 14 nitrogen and oxygen atoms in total. The van der Waals surface area contributed by atoms with Crippen LogP contribution in [0.2, 0.25) is 0 Å². The van der Waals surface area contributed by atoms with Crippen LogP contribution < -0.4 is 25.2 Å². The summed E-state index contributed by atoms with van der Waals surface area (Å²) in [4.78, 5) is 24.0. The lowest BCUT2D eigenvalue weighted by atomic mass is 10.0. The van der Waals surface area contributed by atoms with Crippen molar-refractivity contribution in [3.63, 3.8) is 0 Å². The number of aromatic nitrogens is 2. The van der Waals surface area contributed by atoms with Crippen LogP contribution in [-0.4, -0.2) is 96.1 Å². The summed E-state index contributed by atoms with van der Waals surface area (Å²) in [5.74, 6) is 0.425. The van der Waals surface area contributed by atoms with E-state index in [0.717, 1.165) is 35.8 Å². The van der Waals surface area contributed by atoms with Crippen LogP contribution in [0.1, 0.15) is 27.3 Å². The van der Waals surface area contributed by atoms with E-state index in [1.807, 2.05) is 11.0 Å². The number of rotatable bonds is 11. The molecule has 1 aromatic heterocycles. The van der Waals surface area contributed by atoms with Crippen LogP contribution in [0.5, 0.6) is 0 Å². The Morgan fingerprint density at radius 1 is 1.02 bits per heavy atom. The van der Waals surface area contributed by atoms with E-state index in [2.05, 4.69) is 25.9 Å². The van der Waals surface area contributed by atoms with Gasteiger partial charge in [0.2, 0.25) is 26.0 Å². The fourth-order valence-electron chi connectivity index (χ4n) is 5.18. The predicted octanol–water partition coefficient (Wildman–Crippen LogP) is 1.97. The SMILES string of the molecule is Cc1cc(C#N)nc(N2CCN(S(=O)(=O)c3ccc(NC(=O)c4cc(CNCC5CNC5)ccc4N(C)S(C)(=O)=O)cc3)CC2)n1.Cl.Cl. The first-order valence-electron chi connectivity index (χ1n) is 14.8. The summed E-state index contributed by atoms with van der Waals surface area (Å²) in [6, 6.07) is 14.5. The first-order chi connectivity index (χ1) is 21.8. The minimum Gasteiger partial charge on any atom is -0.338 e. The number of sulfonamides is 2. The number of carbonyl (C=O) groups is 1. The van der Waals surface area contributed by atoms with Crippen molar-refractivity contribution in [2.24, 2.45) is 5.92 Å². The number of halogens is 2. The van der Waals surface area contributed by atoms with Crippen molar-refractivity contribution in [1.29, 1.82) is 5.26 Å². The van der Waals surface area contributed by atoms with Gasteiger partial charge in [0.25, 0.3) is 5.91 Å². The van der Waals surface area contributed by atoms with Gasteiger partial charge < -0.3 is 20.9 Å². The molecule has 48 heavy (non-hydrogen) atoms. The van der Waals surface area contributed by atoms with Gasteiger partial charge >= 0.3 is 0 Å². The number of piperazine rings is 1. The summed E-state index contributed by atoms with van der Waals surface area (Å²) in [5.41, 5.74) is 2.49. The van der Waals surface area contributed by atoms with Crippen molar-refractivity contribution in [2.75, 3.05) is 73.6 Å². The molecule has 0 bridgehead atoms. The molecule has 3 aromatic rings. The van der Waals surface area contributed by atoms with Crippen molar-refractivity contribution in [3.8, 4) is 6.07 Å². The zero-order chi connectivity index (χ0) is 33.1. The maximum Gasteiger partial charge on any atom is 0.257 e. The molecule has 260 valence electrons. The van der Waals surface area contributed by atoms with Crippen LogP contribution in [0.3, 0.4) is 0 Å². The number of nitrogens with one attached hydrogen (secondary N) is 3. The number of hydrogen-bond donors (Lipinski definition) is 3. The van der Waals surface area contributed by atoms with Gasteiger partial charge in [-0.3, -0.25) is 9.10 Å². The van der Waals surface area contributed by atoms with Gasteiger partial charge in [0.1, 0.15) is 11.8 Å². The van der Waals surface area contributed by atoms with E-state index < -0.39 is 26.0 Å². The quantitative estimate of drug-likeness (QED) is 0.262. The minimum atomic E-state index is -3.82. The zero-order valence-electron chi connectivity index (χ0n) is 26.7. The molecule has 2 saturated heterocycles. The predicted molar refractivity (Wildman–Crippen MR) is 189 cm³/mol. The Labute approximate surface area is 293 Å². The van der Waals surface area contributed by atoms with Gasteiger partial charge in [-0.25, -0.2) is 26.8 Å². The number of carbonyl (C=O) groups excluding carboxylic acids is 1. The molecule has 3 N–H and O–H groups in total. The molecule has 0 spiro atoms. The number of anilines is 3. The van der Waals surface area contributed by atoms with Crippen LogP contribution in [-0.2, 0) is 26.6 Å². The van der Waals surface area contributed by atoms with E-state index in [4.69, 9.17) is 0 Å². The van der Waals surface area contributed by atoms with Crippen LogP contribution in [0.25, 0.3) is 0 Å². The molecule has 0 saturated carbocycles. The number of nitriles is 1. The summed E-state index contributed by atoms with van der Waals surface area (Å²) in [5, 5.41) is 18.6. The summed E-state index contributed by atoms with van der Waals surface area (Å²) in [6.07, 6.45) is 1.07. The molecule has 2 fully saturated rings. The average Bonchev–Trinajstić information content (AvgIpc) is 3.01. The van der Waals surface area contributed by atoms with E-state index in [0.29, 0.717) is 42.9 Å². The van der Waals surface area contributed by atoms with Gasteiger partial charge in [-0.1, -0.05) is 6.07 Å². The number of amides is 1. The molecular weight excluding hydrogens is 701 g/mol. The summed E-state index contributed by atoms with van der Waals surface area (Å²) < 4.78 is 53.9. The van der Waals surface area contributed by atoms with Gasteiger partial charge in [0.05, 0.1) is 22.4 Å². The van der Waals surface area contributed by atoms with Gasteiger partial charge in [-0.05, 0) is 60.9 Å². The molecule has 5 rings (SSSR count). The lowest BCUT2D eigenvalue weighted by Gasteiger charge is -2.34. The highest BCUT2D eigenvalue weighted by molar-refractivity contribution is 7.92. The van der Waals surface area contributed by atoms with Crippen molar-refractivity contribution >= 4 is 68.1 Å². The summed E-state index contributed by atoms with van der Waals surface area (Å²) in [6.45, 7) is 6.17. The van der Waals surface area contributed by atoms with Crippen molar-refractivity contribution in [3.05, 3.63) is 71.0 Å². The highest BCUT2D eigenvalue weighted by Gasteiger charge is 2.30. The molecule has 0 radical (unpaired) electrons. The Balaban J connectivity index is 0.00000312. The number of nitrogens with zero attached hydrogens (tertiary/aromatic N) is 6. The Bertz CT molecular complexity index is 1860. The smallest absolute Gasteiger partial charge is 0.257 e. The number of aryl methyl sites for hydroxylation is 1. The third-order valence-electron chi connectivity index (χ3n) is 8.00. The Kier molecular flexibility index (Phi) is 13.1. The van der Waals surface area contributed by atoms with Crippen LogP contribution in [0.4, 0.5) is 17.3 Å². The lowest BCUT2D eigenvalue weighted by Crippen LogP contribution is -2.49. The van der Waals surface area contributed by atoms with Crippen LogP contribution in [0.15, 0.2) is 53.4 Å². The molecule has 0 unspecified atom stereocenters. The summed E-state index contributed by atoms with van der Waals surface area (Å²) >= 11 is 0. The van der Waals surface area contributed by atoms with E-state index in [-0.39, 0.29) is 59.7 Å². The maximum atomic E-state index is 13.5. The Morgan fingerprint density at radius 3 is 2.27 bits per heavy atom. The second kappa shape index (κ2) is 16.2. The molecule has 18 heteroatoms. The highest BCUT2D eigenvalue weighted by Crippen LogP contribution is 2.26. The fraction of sp³-hybridized carbons (Fsp3) is 0.400. The normalized spacial score (nSPS) is 15.3. The second-order valence-corrected chi connectivity index (χ2v) is 15.4. The Morgan fingerprint density at radius 2 is 1.69 bits per heavy atom. The minimum absolute atomic E-state index is 0. The van der Waals surface area contributed by atoms with E-state index >= 15 is 0 Å². The first-order valence-corrected chi connectivity index (χ1v) is 18.0. The lowest BCUT2D eigenvalue weighted by molar-refractivity contribution is 0.102. The highest BCUT2D eigenvalue weighted by atomic mass is 35.5. The van der Waals surface area contributed by atoms with Gasteiger partial charge in [-0.15, -0.1) is 24.8 Å².